The number of fused-ring (bicyclic) bond motifs is 3. The van der Waals surface area contributed by atoms with Gasteiger partial charge in [-0.3, -0.25) is 0 Å². The first kappa shape index (κ1) is 52.6. The maximum absolute atomic E-state index is 2.48. The highest BCUT2D eigenvalue weighted by Gasteiger charge is 2.25. The van der Waals surface area contributed by atoms with Crippen LogP contribution in [0.2, 0.25) is 0 Å². The number of benzene rings is 12. The Labute approximate surface area is 485 Å². The van der Waals surface area contributed by atoms with E-state index in [2.05, 4.69) is 323 Å². The number of hydrogen-bond donors (Lipinski definition) is 0. The van der Waals surface area contributed by atoms with E-state index in [1.807, 2.05) is 0 Å². The predicted octanol–water partition coefficient (Wildman–Crippen LogP) is 23.0. The molecule has 13 rings (SSSR count). The highest BCUT2D eigenvalue weighted by molar-refractivity contribution is 6.27. The quantitative estimate of drug-likeness (QED) is 0.138. The highest BCUT2D eigenvalue weighted by atomic mass is 15.1. The molecular weight excluding hydrogens is 989 g/mol. The van der Waals surface area contributed by atoms with Crippen molar-refractivity contribution in [3.05, 3.63) is 253 Å². The van der Waals surface area contributed by atoms with Crippen LogP contribution in [-0.2, 0) is 21.7 Å². The van der Waals surface area contributed by atoms with Crippen molar-refractivity contribution in [2.75, 3.05) is 4.90 Å². The number of nitrogens with zero attached hydrogens (tertiary/aromatic N) is 2. The average molecular weight is 1060 g/mol. The molecule has 0 saturated carbocycles. The molecule has 404 valence electrons. The van der Waals surface area contributed by atoms with Crippen LogP contribution in [0.15, 0.2) is 231 Å². The Hall–Kier alpha value is -8.72. The molecule has 2 nitrogen and oxygen atoms in total. The topological polar surface area (TPSA) is 8.17 Å². The highest BCUT2D eigenvalue weighted by Crippen LogP contribution is 2.47. The standard InChI is InChI=1S/C80H74N2/c1-77(2,3)61-44-59(45-62(49-61)78(4,5)6)54-28-24-51(25-29-54)52-32-38-65(39-33-52)81(66-19-17-18-58(48-66)53-26-30-55(31-27-53)60-46-63(79(7,8)9)50-64(47-60)80(10,11)12)73-42-36-56-35-41-70-74(43-37-57-34-40-69(73)75(56)76(57)70)82-71-22-15-13-20-67(71)68-21-14-16-23-72(68)82/h13-50H,1-12H3. The van der Waals surface area contributed by atoms with Gasteiger partial charge in [-0.25, -0.2) is 0 Å². The summed E-state index contributed by atoms with van der Waals surface area (Å²) in [6, 6.07) is 87.4. The normalized spacial score (nSPS) is 12.6. The monoisotopic (exact) mass is 1060 g/mol. The SMILES string of the molecule is CC(C)(C)c1cc(-c2ccc(-c3ccc(N(c4cccc(-c5ccc(-c6cc(C(C)(C)C)cc(C(C)(C)C)c6)cc5)c4)c4ccc5ccc6c(-n7c8ccccc8c8ccccc87)ccc7ccc4c5c76)cc3)cc2)cc(C(C)(C)C)c1. The summed E-state index contributed by atoms with van der Waals surface area (Å²) in [6.07, 6.45) is 0. The molecule has 1 aromatic heterocycles. The van der Waals surface area contributed by atoms with Crippen LogP contribution in [0.1, 0.15) is 105 Å². The van der Waals surface area contributed by atoms with E-state index < -0.39 is 0 Å². The van der Waals surface area contributed by atoms with Crippen LogP contribution in [-0.4, -0.2) is 4.57 Å². The lowest BCUT2D eigenvalue weighted by Crippen LogP contribution is -2.16. The number of rotatable bonds is 8. The van der Waals surface area contributed by atoms with E-state index in [0.717, 1.165) is 17.1 Å². The number of anilines is 3. The fourth-order valence-electron chi connectivity index (χ4n) is 12.4. The molecule has 12 aromatic carbocycles. The fraction of sp³-hybridized carbons (Fsp3) is 0.200. The first-order valence-corrected chi connectivity index (χ1v) is 29.4. The van der Waals surface area contributed by atoms with Crippen molar-refractivity contribution in [1.29, 1.82) is 0 Å². The molecule has 0 aliphatic heterocycles. The van der Waals surface area contributed by atoms with Crippen LogP contribution < -0.4 is 4.90 Å². The second kappa shape index (κ2) is 19.5. The molecule has 1 heterocycles. The molecule has 2 heteroatoms. The lowest BCUT2D eigenvalue weighted by Gasteiger charge is -2.28. The van der Waals surface area contributed by atoms with E-state index in [4.69, 9.17) is 0 Å². The van der Waals surface area contributed by atoms with E-state index in [0.29, 0.717) is 0 Å². The Morgan fingerprint density at radius 1 is 0.268 bits per heavy atom. The van der Waals surface area contributed by atoms with E-state index in [-0.39, 0.29) is 21.7 Å². The molecule has 82 heavy (non-hydrogen) atoms. The van der Waals surface area contributed by atoms with Crippen molar-refractivity contribution >= 4 is 71.2 Å². The second-order valence-electron chi connectivity index (χ2n) is 27.1. The Bertz CT molecular complexity index is 4440. The lowest BCUT2D eigenvalue weighted by atomic mass is 9.79. The first-order chi connectivity index (χ1) is 39.2. The molecule has 0 amide bonds. The van der Waals surface area contributed by atoms with Gasteiger partial charge in [-0.15, -0.1) is 0 Å². The molecule has 0 N–H and O–H groups in total. The van der Waals surface area contributed by atoms with Crippen LogP contribution >= 0.6 is 0 Å². The molecule has 13 aromatic rings. The lowest BCUT2D eigenvalue weighted by molar-refractivity contribution is 0.568. The summed E-state index contributed by atoms with van der Waals surface area (Å²) >= 11 is 0. The molecule has 0 atom stereocenters. The zero-order valence-electron chi connectivity index (χ0n) is 49.8. The number of hydrogen-bond acceptors (Lipinski definition) is 1. The van der Waals surface area contributed by atoms with Crippen LogP contribution in [0.5, 0.6) is 0 Å². The molecule has 0 aliphatic rings. The summed E-state index contributed by atoms with van der Waals surface area (Å²) in [7, 11) is 0. The summed E-state index contributed by atoms with van der Waals surface area (Å²) in [5.74, 6) is 0. The summed E-state index contributed by atoms with van der Waals surface area (Å²) < 4.78 is 2.47. The van der Waals surface area contributed by atoms with Crippen molar-refractivity contribution in [2.24, 2.45) is 0 Å². The zero-order valence-corrected chi connectivity index (χ0v) is 49.8. The molecule has 0 aliphatic carbocycles. The largest absolute Gasteiger partial charge is 0.310 e. The Morgan fingerprint density at radius 3 is 1.13 bits per heavy atom. The van der Waals surface area contributed by atoms with Gasteiger partial charge in [0.1, 0.15) is 0 Å². The van der Waals surface area contributed by atoms with Crippen LogP contribution in [0.3, 0.4) is 0 Å². The van der Waals surface area contributed by atoms with Gasteiger partial charge in [0.05, 0.1) is 22.4 Å². The van der Waals surface area contributed by atoms with Crippen molar-refractivity contribution in [3.8, 4) is 50.2 Å². The molecule has 0 unspecified atom stereocenters. The minimum atomic E-state index is 0.0375. The second-order valence-corrected chi connectivity index (χ2v) is 27.1. The van der Waals surface area contributed by atoms with Crippen molar-refractivity contribution in [3.63, 3.8) is 0 Å². The maximum atomic E-state index is 2.48. The van der Waals surface area contributed by atoms with Crippen molar-refractivity contribution in [2.45, 2.75) is 105 Å². The van der Waals surface area contributed by atoms with E-state index in [1.165, 1.54) is 127 Å². The summed E-state index contributed by atoms with van der Waals surface area (Å²) in [4.78, 5) is 2.48. The molecule has 0 fully saturated rings. The van der Waals surface area contributed by atoms with Crippen molar-refractivity contribution in [1.82, 2.24) is 4.57 Å². The van der Waals surface area contributed by atoms with Gasteiger partial charge in [-0.1, -0.05) is 265 Å². The average Bonchev–Trinajstić information content (AvgIpc) is 1.51. The predicted molar refractivity (Wildman–Crippen MR) is 356 cm³/mol. The molecule has 0 saturated heterocycles. The Morgan fingerprint density at radius 2 is 0.659 bits per heavy atom. The van der Waals surface area contributed by atoms with Gasteiger partial charge in [-0.2, -0.15) is 0 Å². The van der Waals surface area contributed by atoms with E-state index >= 15 is 0 Å². The molecule has 0 radical (unpaired) electrons. The van der Waals surface area contributed by atoms with Gasteiger partial charge in [0.25, 0.3) is 0 Å². The molecule has 0 bridgehead atoms. The van der Waals surface area contributed by atoms with Crippen LogP contribution in [0.25, 0.3) is 104 Å². The number of para-hydroxylation sites is 2. The fourth-order valence-corrected chi connectivity index (χ4v) is 12.4. The maximum Gasteiger partial charge on any atom is 0.0541 e. The van der Waals surface area contributed by atoms with Crippen molar-refractivity contribution < 1.29 is 0 Å². The van der Waals surface area contributed by atoms with Gasteiger partial charge < -0.3 is 9.47 Å². The van der Waals surface area contributed by atoms with E-state index in [9.17, 15) is 0 Å². The third kappa shape index (κ3) is 9.42. The Kier molecular flexibility index (Phi) is 12.5. The van der Waals surface area contributed by atoms with Gasteiger partial charge in [-0.05, 0) is 158 Å². The smallest absolute Gasteiger partial charge is 0.0541 e. The van der Waals surface area contributed by atoms with Gasteiger partial charge >= 0.3 is 0 Å². The minimum absolute atomic E-state index is 0.0375. The third-order valence-corrected chi connectivity index (χ3v) is 17.3. The molecular formula is C80H74N2. The minimum Gasteiger partial charge on any atom is -0.310 e. The van der Waals surface area contributed by atoms with Crippen LogP contribution in [0.4, 0.5) is 17.1 Å². The Balaban J connectivity index is 0.935. The number of aromatic nitrogens is 1. The van der Waals surface area contributed by atoms with Gasteiger partial charge in [0.15, 0.2) is 0 Å². The zero-order chi connectivity index (χ0) is 57.0. The summed E-state index contributed by atoms with van der Waals surface area (Å²) in [5, 5.41) is 10.00. The third-order valence-electron chi connectivity index (χ3n) is 17.3. The summed E-state index contributed by atoms with van der Waals surface area (Å²) in [5.41, 5.74) is 22.3. The molecule has 0 spiro atoms. The summed E-state index contributed by atoms with van der Waals surface area (Å²) in [6.45, 7) is 27.7. The van der Waals surface area contributed by atoms with Gasteiger partial charge in [0, 0.05) is 32.9 Å². The van der Waals surface area contributed by atoms with Crippen LogP contribution in [0, 0.1) is 0 Å². The first-order valence-electron chi connectivity index (χ1n) is 29.4. The van der Waals surface area contributed by atoms with Gasteiger partial charge in [0.2, 0.25) is 0 Å². The van der Waals surface area contributed by atoms with E-state index in [1.54, 1.807) is 0 Å².